The zero-order valence-electron chi connectivity index (χ0n) is 22.8. The van der Waals surface area contributed by atoms with Crippen molar-refractivity contribution in [2.75, 3.05) is 26.7 Å². The van der Waals surface area contributed by atoms with Crippen molar-refractivity contribution in [3.63, 3.8) is 0 Å². The molecule has 2 aromatic carbocycles. The number of hydrogen-bond acceptors (Lipinski definition) is 5. The van der Waals surface area contributed by atoms with Crippen molar-refractivity contribution in [2.45, 2.75) is 44.1 Å². The summed E-state index contributed by atoms with van der Waals surface area (Å²) in [5.41, 5.74) is -3.46. The second kappa shape index (κ2) is 12.6. The van der Waals surface area contributed by atoms with Crippen molar-refractivity contribution in [3.8, 4) is 17.6 Å². The van der Waals surface area contributed by atoms with Gasteiger partial charge in [-0.3, -0.25) is 14.7 Å². The molecule has 3 aromatic rings. The van der Waals surface area contributed by atoms with Gasteiger partial charge in [-0.05, 0) is 62.1 Å². The van der Waals surface area contributed by atoms with Gasteiger partial charge in [-0.1, -0.05) is 23.4 Å². The first-order valence-electron chi connectivity index (χ1n) is 13.2. The Morgan fingerprint density at radius 3 is 2.28 bits per heavy atom. The van der Waals surface area contributed by atoms with Crippen LogP contribution in [0.3, 0.4) is 0 Å². The molecule has 0 aliphatic carbocycles. The van der Waals surface area contributed by atoms with Gasteiger partial charge in [-0.2, -0.15) is 26.3 Å². The maximum Gasteiger partial charge on any atom is 0.416 e. The standard InChI is InChI=1S/C30H27ClF6N2O4/c1-43-21-4-5-24-22(16-21)26(23(31)17-38-24)25(40)6-7-28(27(41)42)8-11-39(12-9-28)10-2-3-18-13-19(29(32,33)34)15-20(14-18)30(35,36)37/h4-5,13-17,25,40H,6-12H2,1H3,(H,41,42)/t25-/m0/s1. The summed E-state index contributed by atoms with van der Waals surface area (Å²) in [6.07, 6.45) is -8.96. The Morgan fingerprint density at radius 1 is 1.09 bits per heavy atom. The average molecular weight is 629 g/mol. The van der Waals surface area contributed by atoms with Crippen molar-refractivity contribution in [3.05, 3.63) is 69.9 Å². The summed E-state index contributed by atoms with van der Waals surface area (Å²) in [4.78, 5) is 18.4. The molecule has 4 rings (SSSR count). The molecule has 1 aliphatic rings. The molecule has 43 heavy (non-hydrogen) atoms. The number of likely N-dealkylation sites (tertiary alicyclic amines) is 1. The number of pyridine rings is 1. The van der Waals surface area contributed by atoms with E-state index in [1.165, 1.54) is 13.3 Å². The summed E-state index contributed by atoms with van der Waals surface area (Å²) < 4.78 is 83.9. The zero-order valence-corrected chi connectivity index (χ0v) is 23.6. The minimum atomic E-state index is -4.97. The number of aliphatic carboxylic acids is 1. The predicted octanol–water partition coefficient (Wildman–Crippen LogP) is 6.97. The normalized spacial score (nSPS) is 16.4. The highest BCUT2D eigenvalue weighted by molar-refractivity contribution is 6.32. The molecule has 1 aliphatic heterocycles. The lowest BCUT2D eigenvalue weighted by Crippen LogP contribution is -2.44. The third-order valence-electron chi connectivity index (χ3n) is 7.69. The van der Waals surface area contributed by atoms with E-state index in [-0.39, 0.29) is 56.4 Å². The van der Waals surface area contributed by atoms with Gasteiger partial charge in [-0.25, -0.2) is 0 Å². The number of benzene rings is 2. The number of aliphatic hydroxyl groups is 1. The summed E-state index contributed by atoms with van der Waals surface area (Å²) >= 11 is 6.38. The van der Waals surface area contributed by atoms with Crippen molar-refractivity contribution in [2.24, 2.45) is 5.41 Å². The fraction of sp³-hybridized carbons (Fsp3) is 0.400. The average Bonchev–Trinajstić information content (AvgIpc) is 2.95. The van der Waals surface area contributed by atoms with Crippen LogP contribution < -0.4 is 4.74 Å². The van der Waals surface area contributed by atoms with Crippen molar-refractivity contribution in [1.29, 1.82) is 0 Å². The Bertz CT molecular complexity index is 1520. The van der Waals surface area contributed by atoms with E-state index in [9.17, 15) is 41.4 Å². The molecular formula is C30H27ClF6N2O4. The number of alkyl halides is 6. The number of nitrogens with zero attached hydrogens (tertiary/aromatic N) is 2. The largest absolute Gasteiger partial charge is 0.497 e. The lowest BCUT2D eigenvalue weighted by Gasteiger charge is -2.38. The van der Waals surface area contributed by atoms with Crippen LogP contribution in [-0.2, 0) is 17.1 Å². The number of carboxylic acids is 1. The van der Waals surface area contributed by atoms with Gasteiger partial charge in [0.25, 0.3) is 0 Å². The highest BCUT2D eigenvalue weighted by Crippen LogP contribution is 2.41. The molecule has 1 saturated heterocycles. The van der Waals surface area contributed by atoms with Gasteiger partial charge >= 0.3 is 18.3 Å². The second-order valence-electron chi connectivity index (χ2n) is 10.4. The van der Waals surface area contributed by atoms with Crippen LogP contribution in [0.1, 0.15) is 54.0 Å². The molecule has 13 heteroatoms. The fourth-order valence-electron chi connectivity index (χ4n) is 5.18. The van der Waals surface area contributed by atoms with Crippen LogP contribution in [0.2, 0.25) is 5.02 Å². The molecule has 0 bridgehead atoms. The number of hydrogen-bond donors (Lipinski definition) is 2. The molecule has 0 saturated carbocycles. The number of halogens is 7. The first kappa shape index (κ1) is 32.4. The number of ether oxygens (including phenoxy) is 1. The van der Waals surface area contributed by atoms with Crippen LogP contribution in [0.4, 0.5) is 26.3 Å². The Hall–Kier alpha value is -3.53. The van der Waals surface area contributed by atoms with E-state index >= 15 is 0 Å². The van der Waals surface area contributed by atoms with Crippen LogP contribution in [-0.4, -0.2) is 52.8 Å². The maximum atomic E-state index is 13.1. The number of fused-ring (bicyclic) bond motifs is 1. The Balaban J connectivity index is 1.43. The van der Waals surface area contributed by atoms with Gasteiger partial charge in [-0.15, -0.1) is 0 Å². The van der Waals surface area contributed by atoms with E-state index in [1.54, 1.807) is 23.1 Å². The number of carboxylic acid groups (broad SMARTS) is 1. The first-order chi connectivity index (χ1) is 20.1. The van der Waals surface area contributed by atoms with Crippen LogP contribution in [0, 0.1) is 17.3 Å². The van der Waals surface area contributed by atoms with Crippen LogP contribution >= 0.6 is 11.6 Å². The van der Waals surface area contributed by atoms with Gasteiger partial charge in [0.05, 0.1) is 46.8 Å². The van der Waals surface area contributed by atoms with Crippen molar-refractivity contribution < 1.29 is 46.1 Å². The molecule has 0 amide bonds. The monoisotopic (exact) mass is 628 g/mol. The number of piperidine rings is 1. The van der Waals surface area contributed by atoms with Crippen LogP contribution in [0.15, 0.2) is 42.6 Å². The molecule has 2 N–H and O–H groups in total. The van der Waals surface area contributed by atoms with E-state index < -0.39 is 46.5 Å². The highest BCUT2D eigenvalue weighted by Gasteiger charge is 2.42. The van der Waals surface area contributed by atoms with E-state index in [2.05, 4.69) is 16.8 Å². The van der Waals surface area contributed by atoms with E-state index in [4.69, 9.17) is 16.3 Å². The second-order valence-corrected chi connectivity index (χ2v) is 10.8. The lowest BCUT2D eigenvalue weighted by atomic mass is 9.74. The third-order valence-corrected chi connectivity index (χ3v) is 7.99. The van der Waals surface area contributed by atoms with Gasteiger partial charge in [0.15, 0.2) is 0 Å². The molecular weight excluding hydrogens is 602 g/mol. The predicted molar refractivity (Wildman–Crippen MR) is 147 cm³/mol. The molecule has 0 spiro atoms. The molecule has 0 radical (unpaired) electrons. The van der Waals surface area contributed by atoms with Crippen molar-refractivity contribution in [1.82, 2.24) is 9.88 Å². The molecule has 1 fully saturated rings. The van der Waals surface area contributed by atoms with Crippen LogP contribution in [0.25, 0.3) is 10.9 Å². The van der Waals surface area contributed by atoms with Gasteiger partial charge in [0, 0.05) is 35.8 Å². The first-order valence-corrected chi connectivity index (χ1v) is 13.5. The summed E-state index contributed by atoms with van der Waals surface area (Å²) in [7, 11) is 1.50. The highest BCUT2D eigenvalue weighted by atomic mass is 35.5. The fourth-order valence-corrected chi connectivity index (χ4v) is 5.46. The number of rotatable bonds is 7. The molecule has 1 aromatic heterocycles. The zero-order chi connectivity index (χ0) is 31.6. The SMILES string of the molecule is COc1ccc2ncc(Cl)c([C@@H](O)CCC3(C(=O)O)CCN(CC#Cc4cc(C(F)(F)F)cc(C(F)(F)F)c4)CC3)c2c1. The van der Waals surface area contributed by atoms with Crippen molar-refractivity contribution >= 4 is 28.5 Å². The van der Waals surface area contributed by atoms with E-state index in [0.717, 1.165) is 0 Å². The van der Waals surface area contributed by atoms with E-state index in [1.807, 2.05) is 0 Å². The minimum Gasteiger partial charge on any atom is -0.497 e. The quantitative estimate of drug-likeness (QED) is 0.217. The molecule has 0 unspecified atom stereocenters. The molecule has 230 valence electrons. The Kier molecular flexibility index (Phi) is 9.49. The molecule has 1 atom stereocenters. The minimum absolute atomic E-state index is 0.0242. The number of carbonyl (C=O) groups is 1. The Morgan fingerprint density at radius 2 is 1.72 bits per heavy atom. The van der Waals surface area contributed by atoms with E-state index in [0.29, 0.717) is 34.3 Å². The molecule has 6 nitrogen and oxygen atoms in total. The van der Waals surface area contributed by atoms with Crippen LogP contribution in [0.5, 0.6) is 5.75 Å². The third kappa shape index (κ3) is 7.52. The number of methoxy groups -OCH3 is 1. The summed E-state index contributed by atoms with van der Waals surface area (Å²) in [5, 5.41) is 22.0. The van der Waals surface area contributed by atoms with Gasteiger partial charge < -0.3 is 14.9 Å². The lowest BCUT2D eigenvalue weighted by molar-refractivity contribution is -0.153. The topological polar surface area (TPSA) is 82.9 Å². The van der Waals surface area contributed by atoms with Gasteiger partial charge in [0.1, 0.15) is 5.75 Å². The number of aromatic nitrogens is 1. The van der Waals surface area contributed by atoms with Gasteiger partial charge in [0.2, 0.25) is 0 Å². The summed E-state index contributed by atoms with van der Waals surface area (Å²) in [6.45, 7) is 0.587. The molecule has 2 heterocycles. The number of aliphatic hydroxyl groups excluding tert-OH is 1. The maximum absolute atomic E-state index is 13.1. The summed E-state index contributed by atoms with van der Waals surface area (Å²) in [6, 6.07) is 6.31. The Labute approximate surface area is 248 Å². The smallest absolute Gasteiger partial charge is 0.416 e. The summed E-state index contributed by atoms with van der Waals surface area (Å²) in [5.74, 6) is 4.50.